The van der Waals surface area contributed by atoms with E-state index >= 15 is 0 Å². The van der Waals surface area contributed by atoms with Crippen LogP contribution >= 0.6 is 0 Å². The molecule has 1 aliphatic rings. The summed E-state index contributed by atoms with van der Waals surface area (Å²) < 4.78 is 1.02. The van der Waals surface area contributed by atoms with Crippen LogP contribution in [0.3, 0.4) is 0 Å². The number of hydrogen-bond acceptors (Lipinski definition) is 5. The van der Waals surface area contributed by atoms with Gasteiger partial charge in [0, 0.05) is 0 Å². The minimum absolute atomic E-state index is 0.181. The van der Waals surface area contributed by atoms with Gasteiger partial charge in [-0.15, -0.1) is 5.10 Å². The first-order valence-corrected chi connectivity index (χ1v) is 7.08. The Morgan fingerprint density at radius 1 is 1.50 bits per heavy atom. The number of carbonyl (C=O) groups excluding carboxylic acids is 1. The van der Waals surface area contributed by atoms with Gasteiger partial charge >= 0.3 is 0 Å². The standard InChI is InChI=1S/C15H15N5O2/c1-15(9-16,10-6-7-10)17-13(21)8-20-14(22)11-4-2-3-5-12(11)18-19-20/h2-5,10H,6-8H2,1H3,(H,17,21). The van der Waals surface area contributed by atoms with E-state index < -0.39 is 11.4 Å². The average Bonchev–Trinajstić information content (AvgIpc) is 3.35. The number of carbonyl (C=O) groups is 1. The summed E-state index contributed by atoms with van der Waals surface area (Å²) in [6, 6.07) is 8.97. The molecule has 1 saturated carbocycles. The lowest BCUT2D eigenvalue weighted by Gasteiger charge is -2.22. The van der Waals surface area contributed by atoms with Crippen molar-refractivity contribution in [3.63, 3.8) is 0 Å². The molecule has 1 amide bonds. The van der Waals surface area contributed by atoms with Crippen LogP contribution in [0.1, 0.15) is 19.8 Å². The molecule has 1 aromatic carbocycles. The lowest BCUT2D eigenvalue weighted by atomic mass is 9.98. The molecular formula is C15H15N5O2. The minimum atomic E-state index is -0.884. The zero-order valence-electron chi connectivity index (χ0n) is 12.1. The molecule has 3 rings (SSSR count). The number of hydrogen-bond donors (Lipinski definition) is 1. The molecule has 0 saturated heterocycles. The van der Waals surface area contributed by atoms with Crippen molar-refractivity contribution in [3.05, 3.63) is 34.6 Å². The van der Waals surface area contributed by atoms with E-state index in [1.807, 2.05) is 0 Å². The first-order valence-electron chi connectivity index (χ1n) is 7.08. The van der Waals surface area contributed by atoms with Gasteiger partial charge in [-0.3, -0.25) is 9.59 Å². The lowest BCUT2D eigenvalue weighted by molar-refractivity contribution is -0.123. The Balaban J connectivity index is 1.81. The largest absolute Gasteiger partial charge is 0.336 e. The zero-order chi connectivity index (χ0) is 15.7. The fraction of sp³-hybridized carbons (Fsp3) is 0.400. The van der Waals surface area contributed by atoms with Gasteiger partial charge in [0.25, 0.3) is 5.56 Å². The number of benzene rings is 1. The molecule has 7 nitrogen and oxygen atoms in total. The molecule has 2 aromatic rings. The highest BCUT2D eigenvalue weighted by molar-refractivity contribution is 5.79. The Morgan fingerprint density at radius 3 is 2.91 bits per heavy atom. The third-order valence-corrected chi connectivity index (χ3v) is 3.95. The summed E-state index contributed by atoms with van der Waals surface area (Å²) in [4.78, 5) is 24.4. The smallest absolute Gasteiger partial charge is 0.278 e. The predicted octanol–water partition coefficient (Wildman–Crippen LogP) is 0.600. The van der Waals surface area contributed by atoms with Crippen LogP contribution in [-0.4, -0.2) is 26.4 Å². The summed E-state index contributed by atoms with van der Waals surface area (Å²) in [6.07, 6.45) is 1.86. The number of nitrogens with one attached hydrogen (secondary N) is 1. The van der Waals surface area contributed by atoms with E-state index in [9.17, 15) is 14.9 Å². The molecule has 1 aliphatic carbocycles. The van der Waals surface area contributed by atoms with Crippen molar-refractivity contribution in [1.29, 1.82) is 5.26 Å². The Bertz CT molecular complexity index is 834. The summed E-state index contributed by atoms with van der Waals surface area (Å²) in [5.74, 6) is -0.233. The predicted molar refractivity (Wildman–Crippen MR) is 78.7 cm³/mol. The second kappa shape index (κ2) is 5.22. The van der Waals surface area contributed by atoms with Crippen LogP contribution in [0.2, 0.25) is 0 Å². The van der Waals surface area contributed by atoms with Crippen molar-refractivity contribution in [2.75, 3.05) is 0 Å². The van der Waals surface area contributed by atoms with E-state index in [0.29, 0.717) is 10.9 Å². The van der Waals surface area contributed by atoms with Gasteiger partial charge in [0.15, 0.2) is 0 Å². The average molecular weight is 297 g/mol. The second-order valence-corrected chi connectivity index (χ2v) is 5.71. The van der Waals surface area contributed by atoms with Gasteiger partial charge in [0.05, 0.1) is 11.5 Å². The molecule has 0 aliphatic heterocycles. The first-order chi connectivity index (χ1) is 10.5. The molecule has 0 bridgehead atoms. The third kappa shape index (κ3) is 2.55. The van der Waals surface area contributed by atoms with Crippen LogP contribution in [0.15, 0.2) is 29.1 Å². The first kappa shape index (κ1) is 14.2. The van der Waals surface area contributed by atoms with E-state index in [1.54, 1.807) is 31.2 Å². The van der Waals surface area contributed by atoms with Crippen molar-refractivity contribution in [1.82, 2.24) is 20.3 Å². The van der Waals surface area contributed by atoms with E-state index in [0.717, 1.165) is 17.5 Å². The quantitative estimate of drug-likeness (QED) is 0.890. The van der Waals surface area contributed by atoms with Gasteiger partial charge in [-0.25, -0.2) is 4.68 Å². The van der Waals surface area contributed by atoms with Crippen LogP contribution in [0.4, 0.5) is 0 Å². The Labute approximate surface area is 126 Å². The van der Waals surface area contributed by atoms with Crippen molar-refractivity contribution in [3.8, 4) is 6.07 Å². The summed E-state index contributed by atoms with van der Waals surface area (Å²) in [6.45, 7) is 1.46. The molecule has 112 valence electrons. The lowest BCUT2D eigenvalue weighted by Crippen LogP contribution is -2.48. The number of nitrogens with zero attached hydrogens (tertiary/aromatic N) is 4. The van der Waals surface area contributed by atoms with Crippen LogP contribution in [0, 0.1) is 17.2 Å². The molecule has 0 radical (unpaired) electrons. The van der Waals surface area contributed by atoms with Crippen molar-refractivity contribution in [2.24, 2.45) is 5.92 Å². The Hall–Kier alpha value is -2.75. The summed E-state index contributed by atoms with van der Waals surface area (Å²) in [7, 11) is 0. The van der Waals surface area contributed by atoms with Crippen molar-refractivity contribution < 1.29 is 4.79 Å². The highest BCUT2D eigenvalue weighted by Crippen LogP contribution is 2.39. The minimum Gasteiger partial charge on any atom is -0.336 e. The van der Waals surface area contributed by atoms with E-state index in [2.05, 4.69) is 21.7 Å². The van der Waals surface area contributed by atoms with E-state index in [-0.39, 0.29) is 18.0 Å². The van der Waals surface area contributed by atoms with Crippen molar-refractivity contribution in [2.45, 2.75) is 31.8 Å². The fourth-order valence-electron chi connectivity index (χ4n) is 2.47. The van der Waals surface area contributed by atoms with Gasteiger partial charge in [-0.2, -0.15) is 5.26 Å². The summed E-state index contributed by atoms with van der Waals surface area (Å²) in [5.41, 5.74) is -0.764. The Morgan fingerprint density at radius 2 is 2.23 bits per heavy atom. The highest BCUT2D eigenvalue weighted by Gasteiger charge is 2.43. The topological polar surface area (TPSA) is 101 Å². The fourth-order valence-corrected chi connectivity index (χ4v) is 2.47. The Kier molecular flexibility index (Phi) is 3.37. The third-order valence-electron chi connectivity index (χ3n) is 3.95. The monoisotopic (exact) mass is 297 g/mol. The molecule has 1 fully saturated rings. The zero-order valence-corrected chi connectivity index (χ0v) is 12.1. The van der Waals surface area contributed by atoms with Gasteiger partial charge in [-0.1, -0.05) is 17.3 Å². The van der Waals surface area contributed by atoms with Crippen LogP contribution < -0.4 is 10.9 Å². The van der Waals surface area contributed by atoms with Gasteiger partial charge < -0.3 is 5.32 Å². The molecule has 1 heterocycles. The maximum Gasteiger partial charge on any atom is 0.278 e. The normalized spacial score (nSPS) is 16.7. The molecule has 1 aromatic heterocycles. The molecule has 22 heavy (non-hydrogen) atoms. The molecular weight excluding hydrogens is 282 g/mol. The van der Waals surface area contributed by atoms with Crippen LogP contribution in [0.5, 0.6) is 0 Å². The molecule has 1 unspecified atom stereocenters. The molecule has 1 N–H and O–H groups in total. The maximum absolute atomic E-state index is 12.3. The number of amides is 1. The van der Waals surface area contributed by atoms with Crippen LogP contribution in [0.25, 0.3) is 10.9 Å². The number of aromatic nitrogens is 3. The van der Waals surface area contributed by atoms with Gasteiger partial charge in [0.2, 0.25) is 5.91 Å². The summed E-state index contributed by atoms with van der Waals surface area (Å²) in [5, 5.41) is 20.1. The molecule has 7 heteroatoms. The number of fused-ring (bicyclic) bond motifs is 1. The SMILES string of the molecule is CC(C#N)(NC(=O)Cn1nnc2ccccc2c1=O)C1CC1. The maximum atomic E-state index is 12.3. The number of nitriles is 1. The van der Waals surface area contributed by atoms with E-state index in [1.165, 1.54) is 0 Å². The van der Waals surface area contributed by atoms with Crippen LogP contribution in [-0.2, 0) is 11.3 Å². The highest BCUT2D eigenvalue weighted by atomic mass is 16.2. The number of rotatable bonds is 4. The molecule has 0 spiro atoms. The van der Waals surface area contributed by atoms with Gasteiger partial charge in [0.1, 0.15) is 17.6 Å². The van der Waals surface area contributed by atoms with E-state index in [4.69, 9.17) is 0 Å². The van der Waals surface area contributed by atoms with Gasteiger partial charge in [-0.05, 0) is 37.8 Å². The van der Waals surface area contributed by atoms with Crippen molar-refractivity contribution >= 4 is 16.8 Å². The molecule has 1 atom stereocenters. The second-order valence-electron chi connectivity index (χ2n) is 5.71. The summed E-state index contributed by atoms with van der Waals surface area (Å²) >= 11 is 0.